The van der Waals surface area contributed by atoms with Gasteiger partial charge in [0.25, 0.3) is 5.91 Å². The number of aliphatic hydroxyl groups excluding tert-OH is 1. The summed E-state index contributed by atoms with van der Waals surface area (Å²) in [5.41, 5.74) is 0.618. The third kappa shape index (κ3) is 4.39. The minimum Gasteiger partial charge on any atom is -0.477 e. The van der Waals surface area contributed by atoms with Crippen LogP contribution in [0.4, 0.5) is 0 Å². The number of pyridine rings is 1. The van der Waals surface area contributed by atoms with Gasteiger partial charge in [0.2, 0.25) is 5.91 Å². The molecule has 0 aromatic carbocycles. The monoisotopic (exact) mass is 492 g/mol. The van der Waals surface area contributed by atoms with E-state index in [0.717, 1.165) is 23.6 Å². The summed E-state index contributed by atoms with van der Waals surface area (Å²) in [7, 11) is 1.59. The lowest BCUT2D eigenvalue weighted by atomic mass is 9.79. The number of nitrogens with zero attached hydrogens (tertiary/aromatic N) is 2. The number of carbonyl (C=O) groups excluding carboxylic acids is 2. The minimum absolute atomic E-state index is 0.0703. The number of carboxylic acid groups (broad SMARTS) is 1. The van der Waals surface area contributed by atoms with Crippen molar-refractivity contribution in [1.29, 1.82) is 0 Å². The number of aliphatic hydroxyl groups is 1. The number of carbonyl (C=O) groups is 3. The fourth-order valence-corrected chi connectivity index (χ4v) is 7.43. The molecule has 178 valence electrons. The molecule has 0 radical (unpaired) electrons. The first-order valence-electron chi connectivity index (χ1n) is 10.9. The molecule has 1 aromatic rings. The number of amides is 2. The molecule has 3 aliphatic heterocycles. The highest BCUT2D eigenvalue weighted by atomic mass is 32.2. The summed E-state index contributed by atoms with van der Waals surface area (Å²) >= 11 is 3.05. The number of β-lactam (4-membered cyclic amide) rings is 1. The lowest BCUT2D eigenvalue weighted by Gasteiger charge is -2.46. The standard InChI is InChI=1S/C22H28N4O5S2/c1-10-16-15(11(2)27)21(29)26(16)17(22(30)31)18(10)33-13-7-12(25-8-13)9-32-20-14(19(28)23-3)5-4-6-24-20/h4-6,10-13,15-16,25,27H,7-9H2,1-3H3,(H,23,28)(H,30,31)/t10-,11-,12+,13+,15-,16-/m1/s1. The number of aliphatic carboxylic acids is 1. The molecule has 0 unspecified atom stereocenters. The van der Waals surface area contributed by atoms with Gasteiger partial charge in [0.1, 0.15) is 10.7 Å². The van der Waals surface area contributed by atoms with Gasteiger partial charge < -0.3 is 25.7 Å². The highest BCUT2D eigenvalue weighted by Crippen LogP contribution is 2.51. The highest BCUT2D eigenvalue weighted by molar-refractivity contribution is 8.03. The Morgan fingerprint density at radius 3 is 2.85 bits per heavy atom. The van der Waals surface area contributed by atoms with E-state index in [2.05, 4.69) is 15.6 Å². The van der Waals surface area contributed by atoms with Crippen LogP contribution in [-0.2, 0) is 9.59 Å². The van der Waals surface area contributed by atoms with Crippen LogP contribution in [0.1, 0.15) is 30.6 Å². The first kappa shape index (κ1) is 24.1. The highest BCUT2D eigenvalue weighted by Gasteiger charge is 2.60. The Kier molecular flexibility index (Phi) is 7.04. The molecular formula is C22H28N4O5S2. The first-order valence-corrected chi connectivity index (χ1v) is 12.8. The molecule has 11 heteroatoms. The fourth-order valence-electron chi connectivity index (χ4n) is 4.85. The molecule has 3 aliphatic rings. The van der Waals surface area contributed by atoms with Crippen LogP contribution < -0.4 is 10.6 Å². The van der Waals surface area contributed by atoms with Crippen molar-refractivity contribution in [3.05, 3.63) is 34.5 Å². The zero-order chi connectivity index (χ0) is 23.9. The Morgan fingerprint density at radius 2 is 2.18 bits per heavy atom. The molecule has 4 heterocycles. The summed E-state index contributed by atoms with van der Waals surface area (Å²) in [5.74, 6) is -1.52. The first-order chi connectivity index (χ1) is 15.7. The van der Waals surface area contributed by atoms with Crippen LogP contribution in [0, 0.1) is 11.8 Å². The maximum atomic E-state index is 12.5. The maximum Gasteiger partial charge on any atom is 0.353 e. The molecule has 4 N–H and O–H groups in total. The van der Waals surface area contributed by atoms with Crippen molar-refractivity contribution < 1.29 is 24.6 Å². The SMILES string of the molecule is CNC(=O)c1cccnc1SC[C@@H]1C[C@H](SC2=C(C(=O)O)N3C(=O)[C@H]([C@@H](C)O)[C@H]3[C@H]2C)CN1. The van der Waals surface area contributed by atoms with Crippen molar-refractivity contribution in [3.8, 4) is 0 Å². The van der Waals surface area contributed by atoms with Crippen molar-refractivity contribution in [3.63, 3.8) is 0 Å². The summed E-state index contributed by atoms with van der Waals surface area (Å²) in [6.07, 6.45) is 1.70. The van der Waals surface area contributed by atoms with Crippen molar-refractivity contribution >= 4 is 41.3 Å². The third-order valence-corrected chi connectivity index (χ3v) is 9.13. The smallest absolute Gasteiger partial charge is 0.353 e. The quantitative estimate of drug-likeness (QED) is 0.312. The van der Waals surface area contributed by atoms with Gasteiger partial charge in [-0.25, -0.2) is 9.78 Å². The summed E-state index contributed by atoms with van der Waals surface area (Å²) in [6, 6.07) is 3.39. The summed E-state index contributed by atoms with van der Waals surface area (Å²) in [6.45, 7) is 4.25. The second kappa shape index (κ2) is 9.65. The predicted molar refractivity (Wildman–Crippen MR) is 126 cm³/mol. The molecule has 6 atom stereocenters. The molecule has 2 saturated heterocycles. The minimum atomic E-state index is -1.10. The van der Waals surface area contributed by atoms with Crippen LogP contribution in [0.25, 0.3) is 0 Å². The number of nitrogens with one attached hydrogen (secondary N) is 2. The van der Waals surface area contributed by atoms with Gasteiger partial charge in [-0.15, -0.1) is 23.5 Å². The van der Waals surface area contributed by atoms with Crippen LogP contribution >= 0.6 is 23.5 Å². The summed E-state index contributed by atoms with van der Waals surface area (Å²) < 4.78 is 0. The Hall–Kier alpha value is -2.08. The normalized spacial score (nSPS) is 29.6. The maximum absolute atomic E-state index is 12.5. The second-order valence-corrected chi connectivity index (χ2v) is 10.9. The van der Waals surface area contributed by atoms with E-state index in [-0.39, 0.29) is 40.8 Å². The van der Waals surface area contributed by atoms with Crippen LogP contribution in [0.15, 0.2) is 34.0 Å². The number of fused-ring (bicyclic) bond motifs is 1. The van der Waals surface area contributed by atoms with Crippen molar-refractivity contribution in [2.75, 3.05) is 19.3 Å². The van der Waals surface area contributed by atoms with Gasteiger partial charge >= 0.3 is 5.97 Å². The van der Waals surface area contributed by atoms with E-state index in [0.29, 0.717) is 10.6 Å². The van der Waals surface area contributed by atoms with Crippen LogP contribution in [0.5, 0.6) is 0 Å². The van der Waals surface area contributed by atoms with E-state index in [9.17, 15) is 24.6 Å². The van der Waals surface area contributed by atoms with Gasteiger partial charge in [0.05, 0.1) is 23.6 Å². The average molecular weight is 493 g/mol. The Bertz CT molecular complexity index is 1000. The molecule has 0 aliphatic carbocycles. The number of hydrogen-bond donors (Lipinski definition) is 4. The van der Waals surface area contributed by atoms with Gasteiger partial charge in [0, 0.05) is 47.7 Å². The Labute approximate surface area is 200 Å². The number of rotatable bonds is 8. The zero-order valence-electron chi connectivity index (χ0n) is 18.6. The zero-order valence-corrected chi connectivity index (χ0v) is 20.3. The van der Waals surface area contributed by atoms with E-state index < -0.39 is 18.0 Å². The summed E-state index contributed by atoms with van der Waals surface area (Å²) in [5, 5.41) is 26.8. The van der Waals surface area contributed by atoms with Crippen molar-refractivity contribution in [1.82, 2.24) is 20.5 Å². The van der Waals surface area contributed by atoms with E-state index in [1.54, 1.807) is 32.3 Å². The number of carboxylic acids is 1. The van der Waals surface area contributed by atoms with E-state index in [4.69, 9.17) is 0 Å². The Morgan fingerprint density at radius 1 is 1.42 bits per heavy atom. The van der Waals surface area contributed by atoms with Gasteiger partial charge in [-0.05, 0) is 25.5 Å². The van der Waals surface area contributed by atoms with Gasteiger partial charge in [0.15, 0.2) is 0 Å². The average Bonchev–Trinajstić information content (AvgIpc) is 3.33. The van der Waals surface area contributed by atoms with Crippen LogP contribution in [0.3, 0.4) is 0 Å². The van der Waals surface area contributed by atoms with Crippen LogP contribution in [0.2, 0.25) is 0 Å². The molecular weight excluding hydrogens is 464 g/mol. The molecule has 2 fully saturated rings. The molecule has 33 heavy (non-hydrogen) atoms. The van der Waals surface area contributed by atoms with Crippen molar-refractivity contribution in [2.24, 2.45) is 11.8 Å². The lowest BCUT2D eigenvalue weighted by molar-refractivity contribution is -0.163. The number of hydrogen-bond acceptors (Lipinski definition) is 8. The largest absolute Gasteiger partial charge is 0.477 e. The predicted octanol–water partition coefficient (Wildman–Crippen LogP) is 1.15. The Balaban J connectivity index is 1.40. The second-order valence-electron chi connectivity index (χ2n) is 8.60. The molecule has 0 spiro atoms. The summed E-state index contributed by atoms with van der Waals surface area (Å²) in [4.78, 5) is 43.0. The molecule has 4 rings (SSSR count). The number of thioether (sulfide) groups is 2. The molecule has 0 saturated carbocycles. The van der Waals surface area contributed by atoms with E-state index in [1.807, 2.05) is 6.92 Å². The van der Waals surface area contributed by atoms with Crippen molar-refractivity contribution in [2.45, 2.75) is 48.7 Å². The topological polar surface area (TPSA) is 132 Å². The fraction of sp³-hybridized carbons (Fsp3) is 0.545. The third-order valence-electron chi connectivity index (χ3n) is 6.45. The molecule has 2 amide bonds. The number of aromatic nitrogens is 1. The van der Waals surface area contributed by atoms with Crippen LogP contribution in [-0.4, -0.2) is 80.7 Å². The molecule has 1 aromatic heterocycles. The molecule has 0 bridgehead atoms. The molecule has 9 nitrogen and oxygen atoms in total. The van der Waals surface area contributed by atoms with Gasteiger partial charge in [-0.3, -0.25) is 9.59 Å². The lowest BCUT2D eigenvalue weighted by Crippen LogP contribution is -2.63. The van der Waals surface area contributed by atoms with Gasteiger partial charge in [-0.1, -0.05) is 6.92 Å². The van der Waals surface area contributed by atoms with E-state index in [1.165, 1.54) is 28.4 Å². The van der Waals surface area contributed by atoms with Gasteiger partial charge in [-0.2, -0.15) is 0 Å². The van der Waals surface area contributed by atoms with E-state index >= 15 is 0 Å².